The van der Waals surface area contributed by atoms with Crippen molar-refractivity contribution < 1.29 is 0 Å². The van der Waals surface area contributed by atoms with E-state index in [4.69, 9.17) is 22.6 Å². The van der Waals surface area contributed by atoms with Gasteiger partial charge in [-0.1, -0.05) is 36.7 Å². The van der Waals surface area contributed by atoms with Crippen molar-refractivity contribution in [2.45, 2.75) is 44.8 Å². The number of nitrogens with two attached hydrogens (primary N) is 1. The molecule has 104 valence electrons. The van der Waals surface area contributed by atoms with Gasteiger partial charge in [0.2, 0.25) is 0 Å². The number of nitriles is 1. The zero-order chi connectivity index (χ0) is 14.4. The minimum atomic E-state index is -0.00829. The summed E-state index contributed by atoms with van der Waals surface area (Å²) in [6.45, 7) is 4.10. The molecule has 0 fully saturated rings. The molecule has 0 aliphatic heterocycles. The lowest BCUT2D eigenvalue weighted by Crippen LogP contribution is -2.43. The third kappa shape index (κ3) is 3.94. The van der Waals surface area contributed by atoms with Crippen LogP contribution in [0.2, 0.25) is 5.02 Å². The van der Waals surface area contributed by atoms with E-state index in [-0.39, 0.29) is 18.1 Å². The van der Waals surface area contributed by atoms with E-state index in [1.807, 2.05) is 38.2 Å². The molecule has 0 heterocycles. The Hall–Kier alpha value is -1.08. The van der Waals surface area contributed by atoms with Gasteiger partial charge in [0.05, 0.1) is 18.5 Å². The van der Waals surface area contributed by atoms with E-state index in [9.17, 15) is 0 Å². The lowest BCUT2D eigenvalue weighted by molar-refractivity contribution is 0.160. The van der Waals surface area contributed by atoms with Gasteiger partial charge in [-0.25, -0.2) is 0 Å². The predicted molar refractivity (Wildman–Crippen MR) is 79.9 cm³/mol. The molecule has 0 saturated carbocycles. The molecule has 0 spiro atoms. The fraction of sp³-hybridized carbons (Fsp3) is 0.533. The number of hydrogen-bond acceptors (Lipinski definition) is 3. The van der Waals surface area contributed by atoms with Crippen molar-refractivity contribution in [3.63, 3.8) is 0 Å². The highest BCUT2D eigenvalue weighted by Gasteiger charge is 2.27. The van der Waals surface area contributed by atoms with Crippen molar-refractivity contribution >= 4 is 11.6 Å². The van der Waals surface area contributed by atoms with Gasteiger partial charge in [0, 0.05) is 17.1 Å². The van der Waals surface area contributed by atoms with Gasteiger partial charge < -0.3 is 5.73 Å². The van der Waals surface area contributed by atoms with Crippen LogP contribution in [0, 0.1) is 11.3 Å². The van der Waals surface area contributed by atoms with Crippen LogP contribution in [-0.2, 0) is 0 Å². The van der Waals surface area contributed by atoms with Gasteiger partial charge in [-0.15, -0.1) is 0 Å². The fourth-order valence-corrected chi connectivity index (χ4v) is 2.49. The normalized spacial score (nSPS) is 15.8. The van der Waals surface area contributed by atoms with Gasteiger partial charge >= 0.3 is 0 Å². The molecule has 19 heavy (non-hydrogen) atoms. The summed E-state index contributed by atoms with van der Waals surface area (Å²) in [5.74, 6) is 0. The summed E-state index contributed by atoms with van der Waals surface area (Å²) in [5.41, 5.74) is 7.30. The Balaban J connectivity index is 3.09. The van der Waals surface area contributed by atoms with Crippen LogP contribution in [0.15, 0.2) is 24.3 Å². The van der Waals surface area contributed by atoms with E-state index < -0.39 is 0 Å². The van der Waals surface area contributed by atoms with Crippen LogP contribution in [0.5, 0.6) is 0 Å². The molecule has 1 aromatic carbocycles. The van der Waals surface area contributed by atoms with Crippen LogP contribution in [0.1, 0.15) is 38.3 Å². The third-order valence-electron chi connectivity index (χ3n) is 3.62. The van der Waals surface area contributed by atoms with E-state index in [0.717, 1.165) is 17.0 Å². The topological polar surface area (TPSA) is 53.0 Å². The summed E-state index contributed by atoms with van der Waals surface area (Å²) in [6, 6.07) is 10.2. The first-order valence-electron chi connectivity index (χ1n) is 6.61. The van der Waals surface area contributed by atoms with Gasteiger partial charge in [-0.2, -0.15) is 5.26 Å². The molecule has 0 radical (unpaired) electrons. The summed E-state index contributed by atoms with van der Waals surface area (Å²) < 4.78 is 0. The third-order valence-corrected chi connectivity index (χ3v) is 3.97. The molecule has 3 unspecified atom stereocenters. The van der Waals surface area contributed by atoms with Gasteiger partial charge in [-0.05, 0) is 32.0 Å². The molecule has 0 bridgehead atoms. The highest BCUT2D eigenvalue weighted by atomic mass is 35.5. The van der Waals surface area contributed by atoms with Gasteiger partial charge in [0.25, 0.3) is 0 Å². The van der Waals surface area contributed by atoms with Crippen LogP contribution in [0.25, 0.3) is 0 Å². The summed E-state index contributed by atoms with van der Waals surface area (Å²) in [7, 11) is 2.01. The smallest absolute Gasteiger partial charge is 0.0638 e. The Kier molecular flexibility index (Phi) is 6.30. The summed E-state index contributed by atoms with van der Waals surface area (Å²) in [4.78, 5) is 2.15. The number of rotatable bonds is 6. The maximum atomic E-state index is 8.85. The molecule has 2 N–H and O–H groups in total. The fourth-order valence-electron chi connectivity index (χ4n) is 2.24. The van der Waals surface area contributed by atoms with Crippen LogP contribution in [-0.4, -0.2) is 24.0 Å². The zero-order valence-electron chi connectivity index (χ0n) is 11.8. The van der Waals surface area contributed by atoms with E-state index in [0.29, 0.717) is 6.42 Å². The second-order valence-electron chi connectivity index (χ2n) is 4.92. The first-order chi connectivity index (χ1) is 9.02. The molecule has 3 atom stereocenters. The Bertz CT molecular complexity index is 441. The standard InChI is InChI=1S/C15H22ClN3/c1-4-14(18)15(19(3)11(2)9-10-17)12-7-5-6-8-13(12)16/h5-8,11,14-15H,4,9,18H2,1-3H3. The van der Waals surface area contributed by atoms with E-state index in [2.05, 4.69) is 17.9 Å². The largest absolute Gasteiger partial charge is 0.326 e. The summed E-state index contributed by atoms with van der Waals surface area (Å²) in [6.07, 6.45) is 1.34. The number of hydrogen-bond donors (Lipinski definition) is 1. The Morgan fingerprint density at radius 3 is 2.58 bits per heavy atom. The first kappa shape index (κ1) is 16.0. The lowest BCUT2D eigenvalue weighted by atomic mass is 9.95. The van der Waals surface area contributed by atoms with Crippen LogP contribution in [0.4, 0.5) is 0 Å². The maximum Gasteiger partial charge on any atom is 0.0638 e. The van der Waals surface area contributed by atoms with Crippen molar-refractivity contribution in [1.29, 1.82) is 5.26 Å². The monoisotopic (exact) mass is 279 g/mol. The van der Waals surface area contributed by atoms with Crippen molar-refractivity contribution in [2.24, 2.45) is 5.73 Å². The second-order valence-corrected chi connectivity index (χ2v) is 5.32. The Morgan fingerprint density at radius 2 is 2.05 bits per heavy atom. The van der Waals surface area contributed by atoms with E-state index >= 15 is 0 Å². The molecule has 0 saturated heterocycles. The van der Waals surface area contributed by atoms with E-state index in [1.54, 1.807) is 0 Å². The maximum absolute atomic E-state index is 8.85. The number of nitrogens with zero attached hydrogens (tertiary/aromatic N) is 2. The minimum Gasteiger partial charge on any atom is -0.326 e. The molecule has 0 aliphatic rings. The Labute approximate surface area is 121 Å². The second kappa shape index (κ2) is 7.49. The Morgan fingerprint density at radius 1 is 1.42 bits per heavy atom. The summed E-state index contributed by atoms with van der Waals surface area (Å²) >= 11 is 6.30. The van der Waals surface area contributed by atoms with Crippen molar-refractivity contribution in [3.8, 4) is 6.07 Å². The average molecular weight is 280 g/mol. The lowest BCUT2D eigenvalue weighted by Gasteiger charge is -2.36. The molecule has 1 aromatic rings. The average Bonchev–Trinajstić information content (AvgIpc) is 2.41. The molecular weight excluding hydrogens is 258 g/mol. The number of likely N-dealkylation sites (N-methyl/N-ethyl adjacent to an activating group) is 1. The summed E-state index contributed by atoms with van der Waals surface area (Å²) in [5, 5.41) is 9.58. The van der Waals surface area contributed by atoms with Crippen molar-refractivity contribution in [3.05, 3.63) is 34.9 Å². The predicted octanol–water partition coefficient (Wildman–Crippen LogP) is 3.35. The molecule has 1 rings (SSSR count). The van der Waals surface area contributed by atoms with Gasteiger partial charge in [0.1, 0.15) is 0 Å². The molecule has 0 amide bonds. The first-order valence-corrected chi connectivity index (χ1v) is 6.99. The van der Waals surface area contributed by atoms with Crippen LogP contribution < -0.4 is 5.73 Å². The number of halogens is 1. The highest BCUT2D eigenvalue weighted by molar-refractivity contribution is 6.31. The molecule has 4 heteroatoms. The van der Waals surface area contributed by atoms with Crippen LogP contribution in [0.3, 0.4) is 0 Å². The molecular formula is C15H22ClN3. The highest BCUT2D eigenvalue weighted by Crippen LogP contribution is 2.31. The van der Waals surface area contributed by atoms with Gasteiger partial charge in [-0.3, -0.25) is 4.90 Å². The minimum absolute atomic E-state index is 0.00829. The quantitative estimate of drug-likeness (QED) is 0.869. The molecule has 0 aliphatic carbocycles. The van der Waals surface area contributed by atoms with Crippen LogP contribution >= 0.6 is 11.6 Å². The van der Waals surface area contributed by atoms with Crippen molar-refractivity contribution in [2.75, 3.05) is 7.05 Å². The number of benzene rings is 1. The SMILES string of the molecule is CCC(N)C(c1ccccc1Cl)N(C)C(C)CC#N. The van der Waals surface area contributed by atoms with Gasteiger partial charge in [0.15, 0.2) is 0 Å². The molecule has 3 nitrogen and oxygen atoms in total. The zero-order valence-corrected chi connectivity index (χ0v) is 12.6. The van der Waals surface area contributed by atoms with Crippen molar-refractivity contribution in [1.82, 2.24) is 4.90 Å². The molecule has 0 aromatic heterocycles. The van der Waals surface area contributed by atoms with E-state index in [1.165, 1.54) is 0 Å².